The van der Waals surface area contributed by atoms with Crippen molar-refractivity contribution < 1.29 is 43.1 Å². The van der Waals surface area contributed by atoms with Crippen molar-refractivity contribution in [1.29, 1.82) is 0 Å². The first-order valence-electron chi connectivity index (χ1n) is 17.0. The van der Waals surface area contributed by atoms with Crippen LogP contribution in [0.15, 0.2) is 24.3 Å². The Hall–Kier alpha value is -4.20. The zero-order valence-electron chi connectivity index (χ0n) is 28.5. The molecular weight excluding hydrogens is 620 g/mol. The molecule has 1 aromatic carbocycles. The molecule has 0 unspecified atom stereocenters. The molecule has 0 radical (unpaired) electrons. The number of amides is 7. The van der Waals surface area contributed by atoms with Gasteiger partial charge in [-0.3, -0.25) is 19.7 Å². The van der Waals surface area contributed by atoms with Gasteiger partial charge in [-0.05, 0) is 46.0 Å². The van der Waals surface area contributed by atoms with Gasteiger partial charge < -0.3 is 30.7 Å². The standard InChI is InChI=1S/C34H50N6O8/c1-34(2,3)48-32(45)37-26(15-9-7-5-6-8-12-21-16-25(21)29(42)38-31(44)36-4)30(43)40-20-24(17-27(40)28(35)41)47-33(46)39-18-22-13-10-11-14-23(22)19-39/h10-11,13-14,21,24-27H,5-9,12,15-20H2,1-4H3,(H2,35,41)(H,37,45)(H2,36,38,42,44)/p+1/t21-,24-,25+,26+,27+/m1/s1. The van der Waals surface area contributed by atoms with Gasteiger partial charge in [0.1, 0.15) is 36.9 Å². The number of primary amides is 1. The molecule has 2 aliphatic heterocycles. The Morgan fingerprint density at radius 1 is 0.979 bits per heavy atom. The molecule has 14 heteroatoms. The summed E-state index contributed by atoms with van der Waals surface area (Å²) in [5.74, 6) is -1.22. The minimum absolute atomic E-state index is 0.00575. The first-order valence-corrected chi connectivity index (χ1v) is 17.0. The van der Waals surface area contributed by atoms with Crippen molar-refractivity contribution in [3.63, 3.8) is 0 Å². The number of rotatable bonds is 13. The minimum Gasteiger partial charge on any atom is -0.444 e. The number of unbranched alkanes of at least 4 members (excludes halogenated alkanes) is 4. The van der Waals surface area contributed by atoms with Gasteiger partial charge in [0, 0.05) is 30.5 Å². The Morgan fingerprint density at radius 2 is 1.62 bits per heavy atom. The molecule has 1 aromatic rings. The summed E-state index contributed by atoms with van der Waals surface area (Å²) in [5.41, 5.74) is 7.09. The third-order valence-electron chi connectivity index (χ3n) is 9.14. The fourth-order valence-corrected chi connectivity index (χ4v) is 6.55. The second kappa shape index (κ2) is 16.3. The van der Waals surface area contributed by atoms with E-state index < -0.39 is 53.8 Å². The molecule has 0 spiro atoms. The van der Waals surface area contributed by atoms with Gasteiger partial charge in [0.15, 0.2) is 0 Å². The molecule has 48 heavy (non-hydrogen) atoms. The highest BCUT2D eigenvalue weighted by atomic mass is 16.6. The topological polar surface area (TPSA) is 191 Å². The van der Waals surface area contributed by atoms with Crippen LogP contribution in [0.4, 0.5) is 14.4 Å². The zero-order chi connectivity index (χ0) is 35.0. The molecule has 0 bridgehead atoms. The number of fused-ring (bicyclic) bond motifs is 1. The number of nitrogens with zero attached hydrogens (tertiary/aromatic N) is 1. The fraction of sp³-hybridized carbons (Fsp3) is 0.647. The molecule has 1 saturated heterocycles. The molecular formula is C34H51N6O8+. The molecule has 1 saturated carbocycles. The molecule has 264 valence electrons. The number of ether oxygens (including phenoxy) is 2. The van der Waals surface area contributed by atoms with Crippen LogP contribution in [0.5, 0.6) is 0 Å². The summed E-state index contributed by atoms with van der Waals surface area (Å²) in [5, 5.41) is 7.41. The van der Waals surface area contributed by atoms with Crippen LogP contribution in [0.2, 0.25) is 0 Å². The molecule has 2 fully saturated rings. The number of hydrogen-bond donors (Lipinski definition) is 5. The van der Waals surface area contributed by atoms with E-state index in [1.54, 1.807) is 20.8 Å². The van der Waals surface area contributed by atoms with Crippen molar-refractivity contribution in [2.24, 2.45) is 17.6 Å². The van der Waals surface area contributed by atoms with Crippen LogP contribution >= 0.6 is 0 Å². The van der Waals surface area contributed by atoms with E-state index in [1.807, 2.05) is 24.3 Å². The Balaban J connectivity index is 1.27. The summed E-state index contributed by atoms with van der Waals surface area (Å²) in [7, 11) is 1.47. The summed E-state index contributed by atoms with van der Waals surface area (Å²) >= 11 is 0. The number of hydrogen-bond acceptors (Lipinski definition) is 8. The Morgan fingerprint density at radius 3 is 2.25 bits per heavy atom. The van der Waals surface area contributed by atoms with E-state index in [1.165, 1.54) is 11.9 Å². The maximum atomic E-state index is 13.9. The van der Waals surface area contributed by atoms with Crippen molar-refractivity contribution in [2.45, 2.75) is 115 Å². The normalized spacial score (nSPS) is 22.3. The molecule has 1 aliphatic carbocycles. The van der Waals surface area contributed by atoms with E-state index in [-0.39, 0.29) is 24.8 Å². The number of nitrogens with one attached hydrogen (secondary N) is 4. The van der Waals surface area contributed by atoms with Crippen molar-refractivity contribution in [3.8, 4) is 0 Å². The predicted molar refractivity (Wildman–Crippen MR) is 174 cm³/mol. The number of carbonyl (C=O) groups is 6. The third kappa shape index (κ3) is 10.4. The number of benzene rings is 1. The summed E-state index contributed by atoms with van der Waals surface area (Å²) in [6, 6.07) is 5.39. The average molecular weight is 672 g/mol. The lowest BCUT2D eigenvalue weighted by molar-refractivity contribution is -0.845. The van der Waals surface area contributed by atoms with E-state index in [0.29, 0.717) is 36.7 Å². The lowest BCUT2D eigenvalue weighted by atomic mass is 10.0. The molecule has 4 rings (SSSR count). The second-order valence-corrected chi connectivity index (χ2v) is 14.1. The van der Waals surface area contributed by atoms with Crippen LogP contribution < -0.4 is 26.6 Å². The Kier molecular flexibility index (Phi) is 12.4. The molecule has 5 atom stereocenters. The number of likely N-dealkylation sites (tertiary alicyclic amines) is 1. The van der Waals surface area contributed by atoms with Gasteiger partial charge >= 0.3 is 18.2 Å². The summed E-state index contributed by atoms with van der Waals surface area (Å²) in [6.07, 6.45) is 4.47. The number of carbonyl (C=O) groups excluding carboxylic acids is 6. The number of imide groups is 1. The SMILES string of the molecule is CNC(=O)NC(=O)[C@H]1C[C@H]1CCCCCCC[C@H](NC(=O)OC(C)(C)C)C(=O)N1C[C@H](OC(=O)[NH+]2Cc3ccccc3C2)C[C@H]1C(N)=O. The van der Waals surface area contributed by atoms with Crippen molar-refractivity contribution in [3.05, 3.63) is 35.4 Å². The minimum atomic E-state index is -0.978. The number of urea groups is 1. The van der Waals surface area contributed by atoms with Crippen molar-refractivity contribution in [1.82, 2.24) is 20.9 Å². The molecule has 7 amide bonds. The highest BCUT2D eigenvalue weighted by Gasteiger charge is 2.45. The lowest BCUT2D eigenvalue weighted by Crippen LogP contribution is -3.10. The maximum absolute atomic E-state index is 13.9. The lowest BCUT2D eigenvalue weighted by Gasteiger charge is -2.28. The van der Waals surface area contributed by atoms with Gasteiger partial charge in [0.2, 0.25) is 17.7 Å². The van der Waals surface area contributed by atoms with Crippen LogP contribution in [0.3, 0.4) is 0 Å². The molecule has 14 nitrogen and oxygen atoms in total. The quantitative estimate of drug-likeness (QED) is 0.197. The number of nitrogens with two attached hydrogens (primary N) is 1. The molecule has 3 aliphatic rings. The first kappa shape index (κ1) is 36.6. The van der Waals surface area contributed by atoms with Crippen LogP contribution in [0, 0.1) is 11.8 Å². The third-order valence-corrected chi connectivity index (χ3v) is 9.14. The number of quaternary nitrogens is 1. The van der Waals surface area contributed by atoms with E-state index in [0.717, 1.165) is 49.7 Å². The molecule has 0 aromatic heterocycles. The highest BCUT2D eigenvalue weighted by Crippen LogP contribution is 2.42. The van der Waals surface area contributed by atoms with Gasteiger partial charge in [-0.1, -0.05) is 56.4 Å². The highest BCUT2D eigenvalue weighted by molar-refractivity contribution is 5.96. The van der Waals surface area contributed by atoms with Gasteiger partial charge in [-0.15, -0.1) is 0 Å². The van der Waals surface area contributed by atoms with Gasteiger partial charge in [-0.2, -0.15) is 4.79 Å². The average Bonchev–Trinajstić information content (AvgIpc) is 3.45. The summed E-state index contributed by atoms with van der Waals surface area (Å²) in [6.45, 7) is 6.18. The number of alkyl carbamates (subject to hydrolysis) is 3. The predicted octanol–water partition coefficient (Wildman–Crippen LogP) is 1.89. The van der Waals surface area contributed by atoms with Crippen molar-refractivity contribution in [2.75, 3.05) is 13.6 Å². The van der Waals surface area contributed by atoms with Crippen LogP contribution in [-0.4, -0.2) is 78.2 Å². The van der Waals surface area contributed by atoms with Gasteiger partial charge in [0.05, 0.1) is 6.54 Å². The van der Waals surface area contributed by atoms with E-state index in [9.17, 15) is 28.8 Å². The van der Waals surface area contributed by atoms with Crippen LogP contribution in [-0.2, 0) is 36.9 Å². The molecule has 2 heterocycles. The van der Waals surface area contributed by atoms with E-state index >= 15 is 0 Å². The Bertz CT molecular complexity index is 1340. The van der Waals surface area contributed by atoms with E-state index in [4.69, 9.17) is 15.2 Å². The smallest absolute Gasteiger partial charge is 0.444 e. The van der Waals surface area contributed by atoms with Crippen LogP contribution in [0.1, 0.15) is 89.7 Å². The van der Waals surface area contributed by atoms with Gasteiger partial charge in [0.25, 0.3) is 0 Å². The van der Waals surface area contributed by atoms with E-state index in [2.05, 4.69) is 16.0 Å². The van der Waals surface area contributed by atoms with Crippen molar-refractivity contribution >= 4 is 35.9 Å². The molecule has 6 N–H and O–H groups in total. The van der Waals surface area contributed by atoms with Gasteiger partial charge in [-0.25, -0.2) is 14.5 Å². The maximum Gasteiger partial charge on any atom is 0.515 e. The summed E-state index contributed by atoms with van der Waals surface area (Å²) < 4.78 is 11.2. The second-order valence-electron chi connectivity index (χ2n) is 14.1. The first-order chi connectivity index (χ1) is 22.8. The summed E-state index contributed by atoms with van der Waals surface area (Å²) in [4.78, 5) is 77.4. The Labute approximate surface area is 281 Å². The zero-order valence-corrected chi connectivity index (χ0v) is 28.5. The van der Waals surface area contributed by atoms with Crippen LogP contribution in [0.25, 0.3) is 0 Å². The monoisotopic (exact) mass is 671 g/mol. The fourth-order valence-electron chi connectivity index (χ4n) is 6.55. The largest absolute Gasteiger partial charge is 0.515 e.